The zero-order valence-electron chi connectivity index (χ0n) is 10.3. The first-order valence-electron chi connectivity index (χ1n) is 5.77. The Morgan fingerprint density at radius 3 is 2.18 bits per heavy atom. The van der Waals surface area contributed by atoms with Crippen molar-refractivity contribution in [2.24, 2.45) is 0 Å². The number of ether oxygens (including phenoxy) is 2. The summed E-state index contributed by atoms with van der Waals surface area (Å²) in [5.41, 5.74) is 0.663. The van der Waals surface area contributed by atoms with Crippen LogP contribution >= 0.6 is 22.6 Å². The van der Waals surface area contributed by atoms with Crippen molar-refractivity contribution in [3.8, 4) is 0 Å². The van der Waals surface area contributed by atoms with Gasteiger partial charge in [-0.05, 0) is 37.2 Å². The molecule has 4 nitrogen and oxygen atoms in total. The normalized spacial score (nSPS) is 11.1. The molecule has 0 N–H and O–H groups in total. The molecule has 0 radical (unpaired) electrons. The van der Waals surface area contributed by atoms with Crippen molar-refractivity contribution in [3.05, 3.63) is 9.66 Å². The lowest BCUT2D eigenvalue weighted by Gasteiger charge is -2.05. The van der Waals surface area contributed by atoms with Crippen LogP contribution in [-0.2, 0) is 19.1 Å². The molecule has 0 saturated carbocycles. The van der Waals surface area contributed by atoms with Crippen LogP contribution in [0, 0.1) is 0 Å². The smallest absolute Gasteiger partial charge is 0.334 e. The number of hydrogen-bond acceptors (Lipinski definition) is 4. The van der Waals surface area contributed by atoms with Crippen LogP contribution in [0.3, 0.4) is 0 Å². The third-order valence-electron chi connectivity index (χ3n) is 2.05. The average Bonchev–Trinajstić information content (AvgIpc) is 2.29. The van der Waals surface area contributed by atoms with E-state index in [1.54, 1.807) is 17.9 Å². The standard InChI is InChI=1S/C12H19IO4/c1-3-16-11(14)8-6-5-7-10(9-13)12(15)17-4-2/h9H,3-8H2,1-2H3/b10-9-. The maximum atomic E-state index is 11.4. The number of rotatable bonds is 8. The molecule has 0 aliphatic carbocycles. The SMILES string of the molecule is CCOC(=O)CCCC/C(=C/I)C(=O)OCC. The fourth-order valence-corrected chi connectivity index (χ4v) is 1.81. The van der Waals surface area contributed by atoms with Crippen LogP contribution in [0.1, 0.15) is 39.5 Å². The van der Waals surface area contributed by atoms with Crippen LogP contribution in [0.15, 0.2) is 9.66 Å². The van der Waals surface area contributed by atoms with Crippen LogP contribution in [0.2, 0.25) is 0 Å². The van der Waals surface area contributed by atoms with Crippen molar-refractivity contribution < 1.29 is 19.1 Å². The molecule has 0 aromatic heterocycles. The van der Waals surface area contributed by atoms with Gasteiger partial charge in [0, 0.05) is 12.0 Å². The Bertz CT molecular complexity index is 274. The highest BCUT2D eigenvalue weighted by molar-refractivity contribution is 14.1. The van der Waals surface area contributed by atoms with Crippen LogP contribution < -0.4 is 0 Å². The van der Waals surface area contributed by atoms with Gasteiger partial charge in [0.25, 0.3) is 0 Å². The molecule has 0 bridgehead atoms. The Balaban J connectivity index is 3.78. The van der Waals surface area contributed by atoms with Crippen LogP contribution in [0.25, 0.3) is 0 Å². The Hall–Kier alpha value is -0.590. The summed E-state index contributed by atoms with van der Waals surface area (Å²) in [7, 11) is 0. The van der Waals surface area contributed by atoms with Crippen LogP contribution in [0.5, 0.6) is 0 Å². The van der Waals surface area contributed by atoms with E-state index in [-0.39, 0.29) is 11.9 Å². The fourth-order valence-electron chi connectivity index (χ4n) is 1.24. The topological polar surface area (TPSA) is 52.6 Å². The largest absolute Gasteiger partial charge is 0.466 e. The minimum atomic E-state index is -0.266. The van der Waals surface area contributed by atoms with Gasteiger partial charge in [-0.1, -0.05) is 22.6 Å². The summed E-state index contributed by atoms with van der Waals surface area (Å²) >= 11 is 2.03. The Labute approximate surface area is 116 Å². The summed E-state index contributed by atoms with van der Waals surface area (Å²) in [6.45, 7) is 4.37. The predicted molar refractivity (Wildman–Crippen MR) is 73.8 cm³/mol. The number of hydrogen-bond donors (Lipinski definition) is 0. The molecule has 0 spiro atoms. The summed E-state index contributed by atoms with van der Waals surface area (Å²) in [4.78, 5) is 22.5. The maximum Gasteiger partial charge on any atom is 0.334 e. The molecule has 98 valence electrons. The van der Waals surface area contributed by atoms with E-state index in [2.05, 4.69) is 0 Å². The number of carbonyl (C=O) groups excluding carboxylic acids is 2. The van der Waals surface area contributed by atoms with Crippen molar-refractivity contribution in [2.75, 3.05) is 13.2 Å². The first kappa shape index (κ1) is 16.4. The van der Waals surface area contributed by atoms with E-state index in [1.165, 1.54) is 0 Å². The van der Waals surface area contributed by atoms with Gasteiger partial charge in [-0.15, -0.1) is 0 Å². The van der Waals surface area contributed by atoms with Gasteiger partial charge in [-0.25, -0.2) is 4.79 Å². The van der Waals surface area contributed by atoms with Crippen molar-refractivity contribution >= 4 is 34.5 Å². The molecule has 0 aliphatic heterocycles. The van der Waals surface area contributed by atoms with Crippen molar-refractivity contribution in [3.63, 3.8) is 0 Å². The third kappa shape index (κ3) is 8.18. The van der Waals surface area contributed by atoms with E-state index >= 15 is 0 Å². The molecular formula is C12H19IO4. The van der Waals surface area contributed by atoms with E-state index in [0.29, 0.717) is 31.6 Å². The second kappa shape index (κ2) is 10.6. The van der Waals surface area contributed by atoms with Crippen molar-refractivity contribution in [1.82, 2.24) is 0 Å². The van der Waals surface area contributed by atoms with Crippen LogP contribution in [0.4, 0.5) is 0 Å². The zero-order chi connectivity index (χ0) is 13.1. The Kier molecular flexibility index (Phi) is 10.2. The van der Waals surface area contributed by atoms with Gasteiger partial charge in [-0.3, -0.25) is 4.79 Å². The minimum Gasteiger partial charge on any atom is -0.466 e. The second-order valence-electron chi connectivity index (χ2n) is 3.37. The lowest BCUT2D eigenvalue weighted by molar-refractivity contribution is -0.143. The molecule has 0 aliphatic rings. The Morgan fingerprint density at radius 2 is 1.65 bits per heavy atom. The van der Waals surface area contributed by atoms with Gasteiger partial charge >= 0.3 is 11.9 Å². The van der Waals surface area contributed by atoms with Crippen molar-refractivity contribution in [1.29, 1.82) is 0 Å². The van der Waals surface area contributed by atoms with E-state index in [1.807, 2.05) is 22.6 Å². The lowest BCUT2D eigenvalue weighted by Crippen LogP contribution is -2.08. The third-order valence-corrected chi connectivity index (χ3v) is 2.80. The number of unbranched alkanes of at least 4 members (excludes halogenated alkanes) is 1. The van der Waals surface area contributed by atoms with E-state index in [4.69, 9.17) is 9.47 Å². The quantitative estimate of drug-likeness (QED) is 0.291. The molecule has 0 heterocycles. The van der Waals surface area contributed by atoms with E-state index < -0.39 is 0 Å². The monoisotopic (exact) mass is 354 g/mol. The fraction of sp³-hybridized carbons (Fsp3) is 0.667. The molecule has 17 heavy (non-hydrogen) atoms. The van der Waals surface area contributed by atoms with Gasteiger partial charge in [0.05, 0.1) is 13.2 Å². The predicted octanol–water partition coefficient (Wildman–Crippen LogP) is 2.99. The molecule has 0 atom stereocenters. The molecule has 0 amide bonds. The molecular weight excluding hydrogens is 335 g/mol. The highest BCUT2D eigenvalue weighted by Crippen LogP contribution is 2.13. The Morgan fingerprint density at radius 1 is 1.06 bits per heavy atom. The molecule has 0 aromatic rings. The molecule has 5 heteroatoms. The average molecular weight is 354 g/mol. The van der Waals surface area contributed by atoms with Gasteiger partial charge in [0.2, 0.25) is 0 Å². The summed E-state index contributed by atoms with van der Waals surface area (Å²) in [5.74, 6) is -0.443. The molecule has 0 saturated heterocycles. The van der Waals surface area contributed by atoms with E-state index in [0.717, 1.165) is 12.8 Å². The number of esters is 2. The molecule has 0 aromatic carbocycles. The first-order chi connectivity index (χ1) is 8.15. The summed E-state index contributed by atoms with van der Waals surface area (Å²) in [6, 6.07) is 0. The highest BCUT2D eigenvalue weighted by atomic mass is 127. The second-order valence-corrected chi connectivity index (χ2v) is 3.99. The molecule has 0 fully saturated rings. The summed E-state index contributed by atoms with van der Waals surface area (Å²) in [6.07, 6.45) is 2.56. The van der Waals surface area contributed by atoms with Crippen LogP contribution in [-0.4, -0.2) is 25.2 Å². The number of halogens is 1. The first-order valence-corrected chi connectivity index (χ1v) is 7.02. The molecule has 0 rings (SSSR count). The maximum absolute atomic E-state index is 11.4. The van der Waals surface area contributed by atoms with Gasteiger partial charge < -0.3 is 9.47 Å². The minimum absolute atomic E-state index is 0.177. The van der Waals surface area contributed by atoms with Gasteiger partial charge in [0.15, 0.2) is 0 Å². The van der Waals surface area contributed by atoms with Crippen molar-refractivity contribution in [2.45, 2.75) is 39.5 Å². The zero-order valence-corrected chi connectivity index (χ0v) is 12.5. The summed E-state index contributed by atoms with van der Waals surface area (Å²) < 4.78 is 11.5. The number of carbonyl (C=O) groups is 2. The summed E-state index contributed by atoms with van der Waals surface area (Å²) in [5, 5.41) is 0. The van der Waals surface area contributed by atoms with Gasteiger partial charge in [-0.2, -0.15) is 0 Å². The molecule has 0 unspecified atom stereocenters. The van der Waals surface area contributed by atoms with Gasteiger partial charge in [0.1, 0.15) is 0 Å². The van der Waals surface area contributed by atoms with E-state index in [9.17, 15) is 9.59 Å². The highest BCUT2D eigenvalue weighted by Gasteiger charge is 2.10. The lowest BCUT2D eigenvalue weighted by atomic mass is 10.1.